The Bertz CT molecular complexity index is 876. The summed E-state index contributed by atoms with van der Waals surface area (Å²) in [7, 11) is 0. The van der Waals surface area contributed by atoms with Gasteiger partial charge in [0.2, 0.25) is 0 Å². The number of nitriles is 1. The summed E-state index contributed by atoms with van der Waals surface area (Å²) in [6.07, 6.45) is 8.90. The highest BCUT2D eigenvalue weighted by atomic mass is 32.1. The van der Waals surface area contributed by atoms with Gasteiger partial charge in [0.15, 0.2) is 5.69 Å². The summed E-state index contributed by atoms with van der Waals surface area (Å²) in [5.41, 5.74) is 2.50. The van der Waals surface area contributed by atoms with Crippen LogP contribution in [0.1, 0.15) is 29.5 Å². The number of pyridine rings is 1. The first kappa shape index (κ1) is 15.7. The lowest BCUT2D eigenvalue weighted by Crippen LogP contribution is -2.33. The minimum atomic E-state index is 0.352. The van der Waals surface area contributed by atoms with Gasteiger partial charge in [-0.15, -0.1) is 11.3 Å². The van der Waals surface area contributed by atoms with Gasteiger partial charge in [0.05, 0.1) is 23.1 Å². The van der Waals surface area contributed by atoms with Crippen LogP contribution in [0.5, 0.6) is 0 Å². The van der Waals surface area contributed by atoms with E-state index in [1.807, 2.05) is 18.2 Å². The first-order valence-electron chi connectivity index (χ1n) is 8.16. The van der Waals surface area contributed by atoms with Crippen molar-refractivity contribution in [2.45, 2.75) is 18.8 Å². The number of anilines is 1. The van der Waals surface area contributed by atoms with Gasteiger partial charge in [-0.25, -0.2) is 15.0 Å². The van der Waals surface area contributed by atoms with Gasteiger partial charge in [0.25, 0.3) is 0 Å². The lowest BCUT2D eigenvalue weighted by molar-refractivity contribution is 0.501. The number of nitrogens with zero attached hydrogens (tertiary/aromatic N) is 6. The molecule has 3 aromatic rings. The van der Waals surface area contributed by atoms with Crippen LogP contribution in [0.4, 0.5) is 5.82 Å². The third-order valence-corrected chi connectivity index (χ3v) is 5.43. The van der Waals surface area contributed by atoms with Crippen molar-refractivity contribution in [2.75, 3.05) is 18.0 Å². The first-order valence-corrected chi connectivity index (χ1v) is 9.04. The van der Waals surface area contributed by atoms with E-state index in [-0.39, 0.29) is 0 Å². The van der Waals surface area contributed by atoms with Crippen LogP contribution >= 0.6 is 11.3 Å². The van der Waals surface area contributed by atoms with E-state index in [9.17, 15) is 0 Å². The largest absolute Gasteiger partial charge is 0.355 e. The first-order chi connectivity index (χ1) is 12.3. The fraction of sp³-hybridized carbons (Fsp3) is 0.278. The van der Waals surface area contributed by atoms with E-state index >= 15 is 0 Å². The smallest absolute Gasteiger partial charge is 0.158 e. The van der Waals surface area contributed by atoms with Crippen molar-refractivity contribution in [2.24, 2.45) is 0 Å². The zero-order valence-electron chi connectivity index (χ0n) is 13.5. The van der Waals surface area contributed by atoms with E-state index in [1.165, 1.54) is 11.2 Å². The summed E-state index contributed by atoms with van der Waals surface area (Å²) in [5, 5.41) is 12.1. The molecule has 7 heteroatoms. The van der Waals surface area contributed by atoms with E-state index in [4.69, 9.17) is 10.2 Å². The van der Waals surface area contributed by atoms with Crippen molar-refractivity contribution in [1.82, 2.24) is 19.9 Å². The highest BCUT2D eigenvalue weighted by Gasteiger charge is 2.24. The van der Waals surface area contributed by atoms with E-state index in [1.54, 1.807) is 29.9 Å². The van der Waals surface area contributed by atoms with Crippen LogP contribution in [0.25, 0.3) is 11.3 Å². The Morgan fingerprint density at radius 1 is 1.12 bits per heavy atom. The Hall–Kier alpha value is -2.85. The predicted molar refractivity (Wildman–Crippen MR) is 96.3 cm³/mol. The molecular weight excluding hydrogens is 332 g/mol. The zero-order chi connectivity index (χ0) is 17.1. The molecule has 0 unspecified atom stereocenters. The van der Waals surface area contributed by atoms with Crippen molar-refractivity contribution >= 4 is 17.2 Å². The van der Waals surface area contributed by atoms with Crippen molar-refractivity contribution in [3.63, 3.8) is 0 Å². The summed E-state index contributed by atoms with van der Waals surface area (Å²) >= 11 is 1.74. The molecule has 1 aliphatic heterocycles. The number of rotatable bonds is 3. The topological polar surface area (TPSA) is 78.6 Å². The van der Waals surface area contributed by atoms with Crippen LogP contribution < -0.4 is 4.90 Å². The molecule has 0 amide bonds. The maximum atomic E-state index is 8.81. The van der Waals surface area contributed by atoms with E-state index in [2.05, 4.69) is 25.2 Å². The average molecular weight is 348 g/mol. The molecule has 4 rings (SSSR count). The molecule has 1 aliphatic rings. The minimum Gasteiger partial charge on any atom is -0.355 e. The Morgan fingerprint density at radius 3 is 2.60 bits per heavy atom. The maximum Gasteiger partial charge on any atom is 0.158 e. The van der Waals surface area contributed by atoms with Crippen LogP contribution in [-0.2, 0) is 0 Å². The molecule has 6 nitrogen and oxygen atoms in total. The summed E-state index contributed by atoms with van der Waals surface area (Å²) in [6.45, 7) is 1.85. The number of hydrogen-bond acceptors (Lipinski definition) is 7. The van der Waals surface area contributed by atoms with Gasteiger partial charge in [0.1, 0.15) is 11.9 Å². The number of hydrogen-bond donors (Lipinski definition) is 0. The monoisotopic (exact) mass is 348 g/mol. The molecule has 25 heavy (non-hydrogen) atoms. The van der Waals surface area contributed by atoms with Crippen LogP contribution in [0.2, 0.25) is 0 Å². The summed E-state index contributed by atoms with van der Waals surface area (Å²) in [6, 6.07) is 5.98. The quantitative estimate of drug-likeness (QED) is 0.723. The van der Waals surface area contributed by atoms with Gasteiger partial charge >= 0.3 is 0 Å². The molecule has 0 bridgehead atoms. The average Bonchev–Trinajstić information content (AvgIpc) is 3.19. The molecule has 0 spiro atoms. The number of aromatic nitrogens is 4. The Balaban J connectivity index is 1.42. The van der Waals surface area contributed by atoms with Crippen molar-refractivity contribution in [3.05, 3.63) is 53.0 Å². The van der Waals surface area contributed by atoms with Gasteiger partial charge < -0.3 is 4.90 Å². The van der Waals surface area contributed by atoms with Crippen molar-refractivity contribution < 1.29 is 0 Å². The summed E-state index contributed by atoms with van der Waals surface area (Å²) in [4.78, 5) is 19.6. The second-order valence-corrected chi connectivity index (χ2v) is 6.83. The Kier molecular flexibility index (Phi) is 4.36. The predicted octanol–water partition coefficient (Wildman–Crippen LogP) is 3.25. The molecule has 4 heterocycles. The van der Waals surface area contributed by atoms with E-state index < -0.39 is 0 Å². The lowest BCUT2D eigenvalue weighted by atomic mass is 9.97. The lowest BCUT2D eigenvalue weighted by Gasteiger charge is -2.31. The third kappa shape index (κ3) is 3.35. The molecule has 1 saturated heterocycles. The standard InChI is InChI=1S/C18H16N6S/c19-9-15-10-22-17(11-21-15)24-7-3-14(4-8-24)18-23-16(12-25-18)13-1-5-20-6-2-13/h1-2,5-6,10-12,14H,3-4,7-8H2. The molecule has 0 atom stereocenters. The van der Waals surface area contributed by atoms with Crippen molar-refractivity contribution in [3.8, 4) is 17.3 Å². The highest BCUT2D eigenvalue weighted by Crippen LogP contribution is 2.33. The van der Waals surface area contributed by atoms with Gasteiger partial charge in [0, 0.05) is 42.3 Å². The van der Waals surface area contributed by atoms with Crippen molar-refractivity contribution in [1.29, 1.82) is 5.26 Å². The molecule has 0 radical (unpaired) electrons. The summed E-state index contributed by atoms with van der Waals surface area (Å²) in [5.74, 6) is 1.33. The number of piperidine rings is 1. The molecule has 3 aromatic heterocycles. The normalized spacial score (nSPS) is 15.1. The fourth-order valence-corrected chi connectivity index (χ4v) is 4.03. The molecule has 124 valence electrons. The van der Waals surface area contributed by atoms with E-state index in [0.29, 0.717) is 11.6 Å². The Morgan fingerprint density at radius 2 is 1.92 bits per heavy atom. The number of thiazole rings is 1. The SMILES string of the molecule is N#Cc1cnc(N2CCC(c3nc(-c4ccncc4)cs3)CC2)cn1. The zero-order valence-corrected chi connectivity index (χ0v) is 14.4. The molecule has 0 N–H and O–H groups in total. The molecule has 1 fully saturated rings. The fourth-order valence-electron chi connectivity index (χ4n) is 3.03. The van der Waals surface area contributed by atoms with Gasteiger partial charge in [-0.05, 0) is 25.0 Å². The van der Waals surface area contributed by atoms with Gasteiger partial charge in [-0.3, -0.25) is 4.98 Å². The van der Waals surface area contributed by atoms with Crippen LogP contribution in [0.3, 0.4) is 0 Å². The van der Waals surface area contributed by atoms with Gasteiger partial charge in [-0.1, -0.05) is 0 Å². The Labute approximate surface area is 149 Å². The van der Waals surface area contributed by atoms with E-state index in [0.717, 1.165) is 43.0 Å². The minimum absolute atomic E-state index is 0.352. The van der Waals surface area contributed by atoms with Crippen LogP contribution in [0, 0.1) is 11.3 Å². The molecule has 0 saturated carbocycles. The third-order valence-electron chi connectivity index (χ3n) is 4.42. The molecule has 0 aliphatic carbocycles. The van der Waals surface area contributed by atoms with Crippen LogP contribution in [-0.4, -0.2) is 33.0 Å². The summed E-state index contributed by atoms with van der Waals surface area (Å²) < 4.78 is 0. The highest BCUT2D eigenvalue weighted by molar-refractivity contribution is 7.10. The maximum absolute atomic E-state index is 8.81. The van der Waals surface area contributed by atoms with Gasteiger partial charge in [-0.2, -0.15) is 5.26 Å². The second kappa shape index (κ2) is 6.95. The second-order valence-electron chi connectivity index (χ2n) is 5.94. The molecular formula is C18H16N6S. The van der Waals surface area contributed by atoms with Crippen LogP contribution in [0.15, 0.2) is 42.3 Å². The molecule has 0 aromatic carbocycles.